The topological polar surface area (TPSA) is 17.1 Å². The Morgan fingerprint density at radius 3 is 3.07 bits per heavy atom. The molecule has 0 fully saturated rings. The van der Waals surface area contributed by atoms with Crippen LogP contribution in [0.4, 0.5) is 0 Å². The summed E-state index contributed by atoms with van der Waals surface area (Å²) >= 11 is 5.14. The van der Waals surface area contributed by atoms with Gasteiger partial charge in [-0.3, -0.25) is 4.79 Å². The number of halogens is 1. The lowest BCUT2D eigenvalue weighted by atomic mass is 10.1. The van der Waals surface area contributed by atoms with Crippen molar-refractivity contribution < 1.29 is 4.79 Å². The number of aryl methyl sites for hydroxylation is 1. The molecule has 1 aromatic carbocycles. The zero-order chi connectivity index (χ0) is 10.1. The minimum atomic E-state index is -0.0908. The number of benzene rings is 1. The van der Waals surface area contributed by atoms with Gasteiger partial charge < -0.3 is 0 Å². The van der Waals surface area contributed by atoms with Gasteiger partial charge in [-0.05, 0) is 25.0 Å². The third-order valence-corrected chi connectivity index (χ3v) is 3.86. The first kappa shape index (κ1) is 10.2. The Kier molecular flexibility index (Phi) is 2.98. The average molecular weight is 271 g/mol. The first-order valence-electron chi connectivity index (χ1n) is 4.62. The highest BCUT2D eigenvalue weighted by atomic mass is 79.9. The van der Waals surface area contributed by atoms with Gasteiger partial charge in [0.15, 0.2) is 5.78 Å². The third-order valence-electron chi connectivity index (χ3n) is 2.34. The number of ketones is 1. The van der Waals surface area contributed by atoms with Gasteiger partial charge in [0, 0.05) is 16.2 Å². The normalized spacial score (nSPS) is 16.4. The lowest BCUT2D eigenvalue weighted by molar-refractivity contribution is 0.0995. The molecule has 0 saturated heterocycles. The zero-order valence-electron chi connectivity index (χ0n) is 7.92. The highest BCUT2D eigenvalue weighted by Gasteiger charge is 2.16. The molecular weight excluding hydrogens is 260 g/mol. The summed E-state index contributed by atoms with van der Waals surface area (Å²) in [5, 5.41) is 0. The van der Waals surface area contributed by atoms with Crippen molar-refractivity contribution in [2.24, 2.45) is 0 Å². The van der Waals surface area contributed by atoms with Crippen LogP contribution in [0.3, 0.4) is 0 Å². The lowest BCUT2D eigenvalue weighted by Crippen LogP contribution is -2.09. The summed E-state index contributed by atoms with van der Waals surface area (Å²) in [6.07, 6.45) is 1.14. The molecule has 0 aliphatic carbocycles. The van der Waals surface area contributed by atoms with Gasteiger partial charge in [-0.1, -0.05) is 28.1 Å². The van der Waals surface area contributed by atoms with Crippen LogP contribution >= 0.6 is 27.7 Å². The van der Waals surface area contributed by atoms with E-state index in [2.05, 4.69) is 22.0 Å². The van der Waals surface area contributed by atoms with Crippen molar-refractivity contribution in [1.29, 1.82) is 0 Å². The maximum absolute atomic E-state index is 11.7. The number of thioether (sulfide) groups is 1. The number of hydrogen-bond acceptors (Lipinski definition) is 2. The second-order valence-electron chi connectivity index (χ2n) is 3.40. The predicted molar refractivity (Wildman–Crippen MR) is 63.6 cm³/mol. The molecule has 2 rings (SSSR count). The molecule has 1 unspecified atom stereocenters. The number of hydrogen-bond donors (Lipinski definition) is 0. The van der Waals surface area contributed by atoms with E-state index in [9.17, 15) is 4.79 Å². The summed E-state index contributed by atoms with van der Waals surface area (Å²) < 4.78 is 0. The van der Waals surface area contributed by atoms with Gasteiger partial charge >= 0.3 is 0 Å². The van der Waals surface area contributed by atoms with Gasteiger partial charge in [0.2, 0.25) is 0 Å². The molecule has 1 atom stereocenters. The van der Waals surface area contributed by atoms with Crippen molar-refractivity contribution >= 4 is 33.5 Å². The van der Waals surface area contributed by atoms with Crippen LogP contribution in [0.2, 0.25) is 0 Å². The summed E-state index contributed by atoms with van der Waals surface area (Å²) in [6.45, 7) is 1.86. The molecule has 1 aromatic rings. The standard InChI is InChI=1S/C11H11BrOS/c1-7(12)11(13)9-3-2-8-4-5-14-10(8)6-9/h2-3,6-7H,4-5H2,1H3. The van der Waals surface area contributed by atoms with Crippen LogP contribution < -0.4 is 0 Å². The summed E-state index contributed by atoms with van der Waals surface area (Å²) in [5.74, 6) is 1.32. The van der Waals surface area contributed by atoms with Gasteiger partial charge in [0.25, 0.3) is 0 Å². The molecule has 1 heterocycles. The van der Waals surface area contributed by atoms with Crippen LogP contribution in [-0.2, 0) is 6.42 Å². The molecule has 1 aliphatic rings. The molecule has 0 bridgehead atoms. The van der Waals surface area contributed by atoms with Crippen molar-refractivity contribution in [3.8, 4) is 0 Å². The van der Waals surface area contributed by atoms with Gasteiger partial charge in [-0.2, -0.15) is 0 Å². The van der Waals surface area contributed by atoms with E-state index in [0.717, 1.165) is 17.7 Å². The fourth-order valence-electron chi connectivity index (χ4n) is 1.55. The molecule has 3 heteroatoms. The Balaban J connectivity index is 2.33. The molecule has 74 valence electrons. The van der Waals surface area contributed by atoms with E-state index < -0.39 is 0 Å². The minimum absolute atomic E-state index is 0.0908. The van der Waals surface area contributed by atoms with Crippen LogP contribution in [-0.4, -0.2) is 16.4 Å². The van der Waals surface area contributed by atoms with E-state index in [1.54, 1.807) is 0 Å². The maximum Gasteiger partial charge on any atom is 0.176 e. The second kappa shape index (κ2) is 4.07. The smallest absolute Gasteiger partial charge is 0.176 e. The van der Waals surface area contributed by atoms with Gasteiger partial charge in [0.05, 0.1) is 4.83 Å². The Morgan fingerprint density at radius 2 is 2.36 bits per heavy atom. The van der Waals surface area contributed by atoms with Crippen molar-refractivity contribution in [1.82, 2.24) is 0 Å². The fourth-order valence-corrected chi connectivity index (χ4v) is 2.92. The SMILES string of the molecule is CC(Br)C(=O)c1ccc2c(c1)SCC2. The van der Waals surface area contributed by atoms with Crippen molar-refractivity contribution in [2.75, 3.05) is 5.75 Å². The van der Waals surface area contributed by atoms with E-state index >= 15 is 0 Å². The first-order valence-corrected chi connectivity index (χ1v) is 6.52. The second-order valence-corrected chi connectivity index (χ2v) is 5.91. The molecular formula is C11H11BrOS. The van der Waals surface area contributed by atoms with Crippen LogP contribution in [0.15, 0.2) is 23.1 Å². The number of rotatable bonds is 2. The van der Waals surface area contributed by atoms with E-state index in [1.165, 1.54) is 10.5 Å². The maximum atomic E-state index is 11.7. The largest absolute Gasteiger partial charge is 0.293 e. The van der Waals surface area contributed by atoms with E-state index in [0.29, 0.717) is 0 Å². The van der Waals surface area contributed by atoms with E-state index in [4.69, 9.17) is 0 Å². The average Bonchev–Trinajstić information content (AvgIpc) is 2.62. The summed E-state index contributed by atoms with van der Waals surface area (Å²) in [4.78, 5) is 12.9. The molecule has 0 aromatic heterocycles. The Hall–Kier alpha value is -0.280. The highest BCUT2D eigenvalue weighted by molar-refractivity contribution is 9.10. The molecule has 0 saturated carbocycles. The van der Waals surface area contributed by atoms with Crippen LogP contribution in [0.5, 0.6) is 0 Å². The molecule has 1 nitrogen and oxygen atoms in total. The Labute approximate surface area is 96.4 Å². The summed E-state index contributed by atoms with van der Waals surface area (Å²) in [6, 6.07) is 6.04. The molecule has 0 spiro atoms. The Morgan fingerprint density at radius 1 is 1.57 bits per heavy atom. The quantitative estimate of drug-likeness (QED) is 0.606. The third kappa shape index (κ3) is 1.89. The molecule has 14 heavy (non-hydrogen) atoms. The Bertz CT molecular complexity index is 374. The van der Waals surface area contributed by atoms with E-state index in [1.807, 2.05) is 30.8 Å². The van der Waals surface area contributed by atoms with Gasteiger partial charge in [0.1, 0.15) is 0 Å². The van der Waals surface area contributed by atoms with Crippen molar-refractivity contribution in [2.45, 2.75) is 23.1 Å². The predicted octanol–water partition coefficient (Wildman–Crippen LogP) is 3.30. The van der Waals surface area contributed by atoms with E-state index in [-0.39, 0.29) is 10.6 Å². The summed E-state index contributed by atoms with van der Waals surface area (Å²) in [7, 11) is 0. The number of carbonyl (C=O) groups excluding carboxylic acids is 1. The van der Waals surface area contributed by atoms with Crippen LogP contribution in [0.1, 0.15) is 22.8 Å². The highest BCUT2D eigenvalue weighted by Crippen LogP contribution is 2.32. The molecule has 0 amide bonds. The number of fused-ring (bicyclic) bond motifs is 1. The molecule has 0 N–H and O–H groups in total. The van der Waals surface area contributed by atoms with Crippen LogP contribution in [0.25, 0.3) is 0 Å². The van der Waals surface area contributed by atoms with Gasteiger partial charge in [-0.25, -0.2) is 0 Å². The number of carbonyl (C=O) groups is 1. The lowest BCUT2D eigenvalue weighted by Gasteiger charge is -2.04. The minimum Gasteiger partial charge on any atom is -0.293 e. The molecule has 1 aliphatic heterocycles. The first-order chi connectivity index (χ1) is 6.68. The molecule has 0 radical (unpaired) electrons. The van der Waals surface area contributed by atoms with Crippen molar-refractivity contribution in [3.05, 3.63) is 29.3 Å². The number of alkyl halides is 1. The monoisotopic (exact) mass is 270 g/mol. The fraction of sp³-hybridized carbons (Fsp3) is 0.364. The van der Waals surface area contributed by atoms with Crippen LogP contribution in [0, 0.1) is 0 Å². The summed E-state index contributed by atoms with van der Waals surface area (Å²) in [5.41, 5.74) is 2.20. The van der Waals surface area contributed by atoms with Gasteiger partial charge in [-0.15, -0.1) is 11.8 Å². The van der Waals surface area contributed by atoms with Crippen molar-refractivity contribution in [3.63, 3.8) is 0 Å². The zero-order valence-corrected chi connectivity index (χ0v) is 10.3. The number of Topliss-reactive ketones (excluding diaryl/α,β-unsaturated/α-hetero) is 1.